The molecule has 164 valence electrons. The predicted molar refractivity (Wildman–Crippen MR) is 125 cm³/mol. The van der Waals surface area contributed by atoms with Gasteiger partial charge in [0, 0.05) is 23.5 Å². The van der Waals surface area contributed by atoms with Crippen LogP contribution in [-0.4, -0.2) is 53.9 Å². The van der Waals surface area contributed by atoms with Crippen LogP contribution in [0.25, 0.3) is 0 Å². The largest absolute Gasteiger partial charge is 0.479 e. The van der Waals surface area contributed by atoms with Crippen molar-refractivity contribution in [2.45, 2.75) is 13.0 Å². The Hall–Kier alpha value is -2.84. The summed E-state index contributed by atoms with van der Waals surface area (Å²) >= 11 is 1.16. The van der Waals surface area contributed by atoms with E-state index in [0.29, 0.717) is 36.1 Å². The molecule has 1 aliphatic heterocycles. The minimum atomic E-state index is -0.323. The molecule has 6 nitrogen and oxygen atoms in total. The Labute approximate surface area is 186 Å². The van der Waals surface area contributed by atoms with Crippen LogP contribution < -0.4 is 5.32 Å². The normalized spacial score (nSPS) is 13.9. The van der Waals surface area contributed by atoms with Crippen molar-refractivity contribution in [3.05, 3.63) is 77.9 Å². The molecule has 0 fully saturated rings. The van der Waals surface area contributed by atoms with Crippen molar-refractivity contribution in [3.8, 4) is 0 Å². The topological polar surface area (TPSA) is 57.2 Å². The quantitative estimate of drug-likeness (QED) is 0.425. The fraction of sp³-hybridized carbons (Fsp3) is 0.304. The van der Waals surface area contributed by atoms with Gasteiger partial charge in [0.2, 0.25) is 0 Å². The lowest BCUT2D eigenvalue weighted by molar-refractivity contribution is 0.202. The molecule has 31 heavy (non-hydrogen) atoms. The molecule has 0 bridgehead atoms. The van der Waals surface area contributed by atoms with Crippen LogP contribution in [0, 0.1) is 5.82 Å². The molecule has 0 atom stereocenters. The van der Waals surface area contributed by atoms with Gasteiger partial charge in [-0.2, -0.15) is 5.10 Å². The number of benzene rings is 2. The van der Waals surface area contributed by atoms with Crippen molar-refractivity contribution in [1.29, 1.82) is 0 Å². The van der Waals surface area contributed by atoms with E-state index < -0.39 is 0 Å². The molecule has 0 saturated heterocycles. The Balaban J connectivity index is 1.62. The summed E-state index contributed by atoms with van der Waals surface area (Å²) in [6.07, 6.45) is 0.911. The number of nitrogens with zero attached hydrogens (tertiary/aromatic N) is 3. The third kappa shape index (κ3) is 7.11. The van der Waals surface area contributed by atoms with Crippen LogP contribution in [-0.2, 0) is 11.3 Å². The molecular formula is C23H27FN4O2S. The fourth-order valence-electron chi connectivity index (χ4n) is 3.02. The van der Waals surface area contributed by atoms with Crippen molar-refractivity contribution in [2.24, 2.45) is 5.10 Å². The summed E-state index contributed by atoms with van der Waals surface area (Å²) in [6, 6.07) is 13.9. The summed E-state index contributed by atoms with van der Waals surface area (Å²) < 4.78 is 19.2. The third-order valence-electron chi connectivity index (χ3n) is 4.51. The van der Waals surface area contributed by atoms with E-state index in [0.717, 1.165) is 36.0 Å². The lowest BCUT2D eigenvalue weighted by Crippen LogP contribution is -2.29. The van der Waals surface area contributed by atoms with Gasteiger partial charge in [0.25, 0.3) is 0 Å². The summed E-state index contributed by atoms with van der Waals surface area (Å²) in [6.45, 7) is 5.75. The maximum absolute atomic E-state index is 13.6. The lowest BCUT2D eigenvalue weighted by atomic mass is 10.1. The Morgan fingerprint density at radius 1 is 1.29 bits per heavy atom. The highest BCUT2D eigenvalue weighted by Crippen LogP contribution is 2.23. The first kappa shape index (κ1) is 22.8. The van der Waals surface area contributed by atoms with Crippen molar-refractivity contribution < 1.29 is 13.9 Å². The van der Waals surface area contributed by atoms with Gasteiger partial charge >= 0.3 is 5.24 Å². The van der Waals surface area contributed by atoms with E-state index in [9.17, 15) is 9.18 Å². The number of carbonyl (C=O) groups excluding carboxylic acids is 1. The van der Waals surface area contributed by atoms with Crippen molar-refractivity contribution in [1.82, 2.24) is 9.91 Å². The predicted octanol–water partition coefficient (Wildman–Crippen LogP) is 4.75. The minimum absolute atomic E-state index is 0.132. The van der Waals surface area contributed by atoms with Crippen LogP contribution in [0.5, 0.6) is 0 Å². The second-order valence-corrected chi connectivity index (χ2v) is 8.35. The highest BCUT2D eigenvalue weighted by molar-refractivity contribution is 8.14. The molecule has 2 aromatic rings. The second-order valence-electron chi connectivity index (χ2n) is 7.42. The first-order valence-electron chi connectivity index (χ1n) is 10.0. The standard InChI is InChI=1S/C23H27FN4O2S/c1-17(30-12-6-11-27(2)3)25-21-10-4-7-18(13-21)15-28-23(29)31-16-22(26-28)19-8-5-9-20(24)14-19/h4-5,7-10,13-14,25H,1,6,11-12,15-16H2,2-3H3. The molecular weight excluding hydrogens is 415 g/mol. The maximum atomic E-state index is 13.6. The summed E-state index contributed by atoms with van der Waals surface area (Å²) in [7, 11) is 4.05. The zero-order chi connectivity index (χ0) is 22.2. The third-order valence-corrected chi connectivity index (χ3v) is 5.39. The Morgan fingerprint density at radius 3 is 2.87 bits per heavy atom. The van der Waals surface area contributed by atoms with E-state index in [-0.39, 0.29) is 11.1 Å². The SMILES string of the molecule is C=C(Nc1cccc(CN2N=C(c3cccc(F)c3)CSC2=O)c1)OCCCN(C)C. The number of rotatable bonds is 10. The van der Waals surface area contributed by atoms with Crippen LogP contribution in [0.3, 0.4) is 0 Å². The van der Waals surface area contributed by atoms with Crippen molar-refractivity contribution in [3.63, 3.8) is 0 Å². The zero-order valence-electron chi connectivity index (χ0n) is 17.8. The van der Waals surface area contributed by atoms with E-state index >= 15 is 0 Å². The van der Waals surface area contributed by atoms with Gasteiger partial charge in [0.15, 0.2) is 5.88 Å². The number of hydrogen-bond donors (Lipinski definition) is 1. The van der Waals surface area contributed by atoms with Gasteiger partial charge in [-0.3, -0.25) is 4.79 Å². The summed E-state index contributed by atoms with van der Waals surface area (Å²) in [5.74, 6) is 0.578. The smallest absolute Gasteiger partial charge is 0.302 e. The molecule has 2 aromatic carbocycles. The van der Waals surface area contributed by atoms with E-state index in [1.54, 1.807) is 12.1 Å². The highest BCUT2D eigenvalue weighted by Gasteiger charge is 2.22. The molecule has 0 aromatic heterocycles. The lowest BCUT2D eigenvalue weighted by Gasteiger charge is -2.23. The van der Waals surface area contributed by atoms with Gasteiger partial charge in [-0.1, -0.05) is 36.0 Å². The first-order chi connectivity index (χ1) is 14.9. The maximum Gasteiger partial charge on any atom is 0.302 e. The molecule has 1 aliphatic rings. The summed E-state index contributed by atoms with van der Waals surface area (Å²) in [4.78, 5) is 14.5. The molecule has 1 heterocycles. The highest BCUT2D eigenvalue weighted by atomic mass is 32.2. The van der Waals surface area contributed by atoms with Crippen LogP contribution in [0.1, 0.15) is 17.5 Å². The number of hydrogen-bond acceptors (Lipinski definition) is 6. The number of nitrogens with one attached hydrogen (secondary N) is 1. The summed E-state index contributed by atoms with van der Waals surface area (Å²) in [5.41, 5.74) is 3.09. The van der Waals surface area contributed by atoms with Crippen LogP contribution in [0.15, 0.2) is 66.1 Å². The van der Waals surface area contributed by atoms with Crippen molar-refractivity contribution in [2.75, 3.05) is 38.3 Å². The van der Waals surface area contributed by atoms with E-state index in [1.165, 1.54) is 17.1 Å². The molecule has 0 spiro atoms. The number of halogens is 1. The minimum Gasteiger partial charge on any atom is -0.479 e. The van der Waals surface area contributed by atoms with Crippen molar-refractivity contribution >= 4 is 28.4 Å². The van der Waals surface area contributed by atoms with Gasteiger partial charge in [-0.15, -0.1) is 0 Å². The first-order valence-corrected chi connectivity index (χ1v) is 11.0. The van der Waals surface area contributed by atoms with Crippen LogP contribution >= 0.6 is 11.8 Å². The zero-order valence-corrected chi connectivity index (χ0v) is 18.6. The monoisotopic (exact) mass is 442 g/mol. The van der Waals surface area contributed by atoms with Gasteiger partial charge in [0.05, 0.1) is 18.9 Å². The molecule has 0 saturated carbocycles. The van der Waals surface area contributed by atoms with Gasteiger partial charge in [-0.05, 0) is 56.9 Å². The molecule has 1 N–H and O–H groups in total. The molecule has 0 unspecified atom stereocenters. The molecule has 0 radical (unpaired) electrons. The van der Waals surface area contributed by atoms with Crippen LogP contribution in [0.2, 0.25) is 0 Å². The number of amides is 1. The number of hydrazone groups is 1. The van der Waals surface area contributed by atoms with Crippen LogP contribution in [0.4, 0.5) is 14.9 Å². The molecule has 3 rings (SSSR count). The number of carbonyl (C=O) groups is 1. The molecule has 1 amide bonds. The number of anilines is 1. The second kappa shape index (κ2) is 11.0. The Bertz CT molecular complexity index is 964. The fourth-order valence-corrected chi connectivity index (χ4v) is 3.76. The van der Waals surface area contributed by atoms with Gasteiger partial charge in [0.1, 0.15) is 5.82 Å². The average Bonchev–Trinajstić information content (AvgIpc) is 2.73. The van der Waals surface area contributed by atoms with E-state index in [1.807, 2.05) is 38.4 Å². The average molecular weight is 443 g/mol. The molecule has 8 heteroatoms. The molecule has 0 aliphatic carbocycles. The van der Waals surface area contributed by atoms with Gasteiger partial charge in [-0.25, -0.2) is 9.40 Å². The number of thioether (sulfide) groups is 1. The van der Waals surface area contributed by atoms with E-state index in [4.69, 9.17) is 4.74 Å². The number of ether oxygens (including phenoxy) is 1. The Morgan fingerprint density at radius 2 is 2.10 bits per heavy atom. The van der Waals surface area contributed by atoms with Gasteiger partial charge < -0.3 is 15.0 Å². The Kier molecular flexibility index (Phi) is 8.08. The summed E-state index contributed by atoms with van der Waals surface area (Å²) in [5, 5.41) is 8.90. The van der Waals surface area contributed by atoms with E-state index in [2.05, 4.69) is 21.9 Å².